The monoisotopic (exact) mass is 295 g/mol. The summed E-state index contributed by atoms with van der Waals surface area (Å²) in [4.78, 5) is 12.3. The third-order valence-electron chi connectivity index (χ3n) is 3.19. The number of ether oxygens (including phenoxy) is 1. The lowest BCUT2D eigenvalue weighted by Crippen LogP contribution is -2.43. The number of nitro groups is 1. The van der Waals surface area contributed by atoms with Crippen LogP contribution in [0.2, 0.25) is 0 Å². The Morgan fingerprint density at radius 2 is 1.90 bits per heavy atom. The van der Waals surface area contributed by atoms with E-state index in [2.05, 4.69) is 38.2 Å². The molecule has 0 aliphatic rings. The molecule has 1 atom stereocenters. The average Bonchev–Trinajstić information content (AvgIpc) is 2.42. The Labute approximate surface area is 126 Å². The minimum atomic E-state index is -0.417. The van der Waals surface area contributed by atoms with E-state index in [0.717, 1.165) is 13.1 Å². The molecule has 0 aliphatic heterocycles. The van der Waals surface area contributed by atoms with E-state index in [9.17, 15) is 10.1 Å². The quantitative estimate of drug-likeness (QED) is 0.429. The van der Waals surface area contributed by atoms with Gasteiger partial charge in [-0.2, -0.15) is 0 Å². The van der Waals surface area contributed by atoms with E-state index < -0.39 is 4.92 Å². The predicted molar refractivity (Wildman–Crippen MR) is 83.8 cm³/mol. The largest absolute Gasteiger partial charge is 0.492 e. The minimum absolute atomic E-state index is 0.0753. The Morgan fingerprint density at radius 1 is 1.29 bits per heavy atom. The maximum atomic E-state index is 10.6. The van der Waals surface area contributed by atoms with Gasteiger partial charge in [0.25, 0.3) is 5.69 Å². The van der Waals surface area contributed by atoms with Crippen molar-refractivity contribution in [2.45, 2.75) is 19.9 Å². The fourth-order valence-electron chi connectivity index (χ4n) is 1.98. The second-order valence-corrected chi connectivity index (χ2v) is 5.67. The molecule has 0 aliphatic carbocycles. The first-order valence-corrected chi connectivity index (χ1v) is 7.15. The van der Waals surface area contributed by atoms with Crippen molar-refractivity contribution >= 4 is 5.69 Å². The highest BCUT2D eigenvalue weighted by Gasteiger charge is 2.13. The van der Waals surface area contributed by atoms with Crippen LogP contribution in [0.25, 0.3) is 0 Å². The lowest BCUT2D eigenvalue weighted by atomic mass is 10.0. The van der Waals surface area contributed by atoms with Gasteiger partial charge in [-0.1, -0.05) is 13.8 Å². The number of non-ortho nitro benzene ring substituents is 1. The van der Waals surface area contributed by atoms with Crippen LogP contribution in [0.1, 0.15) is 13.8 Å². The number of rotatable bonds is 9. The molecule has 1 rings (SSSR count). The summed E-state index contributed by atoms with van der Waals surface area (Å²) in [6, 6.07) is 6.56. The lowest BCUT2D eigenvalue weighted by Gasteiger charge is -2.25. The van der Waals surface area contributed by atoms with Crippen LogP contribution in [-0.2, 0) is 0 Å². The summed E-state index contributed by atoms with van der Waals surface area (Å²) < 4.78 is 5.58. The summed E-state index contributed by atoms with van der Waals surface area (Å²) in [5.74, 6) is 1.20. The summed E-state index contributed by atoms with van der Waals surface area (Å²) in [7, 11) is 4.12. The van der Waals surface area contributed by atoms with Gasteiger partial charge in [0, 0.05) is 31.3 Å². The van der Waals surface area contributed by atoms with Gasteiger partial charge >= 0.3 is 0 Å². The number of nitro benzene ring substituents is 1. The van der Waals surface area contributed by atoms with Crippen molar-refractivity contribution < 1.29 is 9.66 Å². The van der Waals surface area contributed by atoms with Crippen molar-refractivity contribution in [1.29, 1.82) is 0 Å². The van der Waals surface area contributed by atoms with Crippen LogP contribution in [0.3, 0.4) is 0 Å². The third-order valence-corrected chi connectivity index (χ3v) is 3.19. The van der Waals surface area contributed by atoms with E-state index in [1.54, 1.807) is 12.1 Å². The number of hydrogen-bond acceptors (Lipinski definition) is 5. The fraction of sp³-hybridized carbons (Fsp3) is 0.600. The third kappa shape index (κ3) is 6.55. The smallest absolute Gasteiger partial charge is 0.269 e. The van der Waals surface area contributed by atoms with Gasteiger partial charge in [-0.25, -0.2) is 0 Å². The van der Waals surface area contributed by atoms with Gasteiger partial charge in [0.2, 0.25) is 0 Å². The van der Waals surface area contributed by atoms with Gasteiger partial charge in [0.05, 0.1) is 4.92 Å². The molecule has 0 spiro atoms. The second-order valence-electron chi connectivity index (χ2n) is 5.67. The van der Waals surface area contributed by atoms with Gasteiger partial charge in [-0.3, -0.25) is 10.1 Å². The van der Waals surface area contributed by atoms with Gasteiger partial charge in [-0.05, 0) is 32.1 Å². The molecule has 1 aromatic carbocycles. The molecule has 0 bridgehead atoms. The van der Waals surface area contributed by atoms with E-state index in [4.69, 9.17) is 4.74 Å². The Bertz CT molecular complexity index is 432. The van der Waals surface area contributed by atoms with Gasteiger partial charge in [-0.15, -0.1) is 0 Å². The Balaban J connectivity index is 2.34. The zero-order valence-corrected chi connectivity index (χ0v) is 13.2. The van der Waals surface area contributed by atoms with Crippen molar-refractivity contribution in [1.82, 2.24) is 10.2 Å². The maximum absolute atomic E-state index is 10.6. The maximum Gasteiger partial charge on any atom is 0.269 e. The number of benzene rings is 1. The first-order valence-electron chi connectivity index (χ1n) is 7.15. The summed E-state index contributed by atoms with van der Waals surface area (Å²) in [5.41, 5.74) is 0.0753. The molecule has 0 heterocycles. The number of likely N-dealkylation sites (N-methyl/N-ethyl adjacent to an activating group) is 1. The minimum Gasteiger partial charge on any atom is -0.492 e. The summed E-state index contributed by atoms with van der Waals surface area (Å²) in [6.07, 6.45) is 0. The zero-order valence-electron chi connectivity index (χ0n) is 13.2. The lowest BCUT2D eigenvalue weighted by molar-refractivity contribution is -0.384. The number of hydrogen-bond donors (Lipinski definition) is 1. The molecule has 1 N–H and O–H groups in total. The summed E-state index contributed by atoms with van der Waals surface area (Å²) >= 11 is 0. The average molecular weight is 295 g/mol. The molecule has 6 heteroatoms. The molecule has 21 heavy (non-hydrogen) atoms. The van der Waals surface area contributed by atoms with E-state index >= 15 is 0 Å². The van der Waals surface area contributed by atoms with E-state index in [0.29, 0.717) is 24.3 Å². The van der Waals surface area contributed by atoms with Crippen LogP contribution in [0.4, 0.5) is 5.69 Å². The van der Waals surface area contributed by atoms with Gasteiger partial charge in [0.1, 0.15) is 12.4 Å². The fourth-order valence-corrected chi connectivity index (χ4v) is 1.98. The molecule has 0 radical (unpaired) electrons. The Kier molecular flexibility index (Phi) is 7.11. The molecular formula is C15H25N3O3. The summed E-state index contributed by atoms with van der Waals surface area (Å²) in [5, 5.41) is 14.0. The Hall–Kier alpha value is -1.66. The first-order chi connectivity index (χ1) is 9.90. The molecule has 118 valence electrons. The first kappa shape index (κ1) is 17.4. The van der Waals surface area contributed by atoms with Crippen LogP contribution in [0.15, 0.2) is 24.3 Å². The van der Waals surface area contributed by atoms with Crippen LogP contribution in [-0.4, -0.2) is 49.7 Å². The van der Waals surface area contributed by atoms with Gasteiger partial charge < -0.3 is 15.0 Å². The molecule has 0 fully saturated rings. The van der Waals surface area contributed by atoms with Crippen LogP contribution >= 0.6 is 0 Å². The summed E-state index contributed by atoms with van der Waals surface area (Å²) in [6.45, 7) is 6.65. The Morgan fingerprint density at radius 3 is 2.38 bits per heavy atom. The SMILES string of the molecule is CC(C)C(CN(C)C)NCCOc1ccc([N+](=O)[O-])cc1. The molecule has 1 unspecified atom stereocenters. The molecule has 0 amide bonds. The van der Waals surface area contributed by atoms with E-state index in [1.165, 1.54) is 12.1 Å². The van der Waals surface area contributed by atoms with Crippen molar-refractivity contribution in [3.63, 3.8) is 0 Å². The van der Waals surface area contributed by atoms with Gasteiger partial charge in [0.15, 0.2) is 0 Å². The van der Waals surface area contributed by atoms with Crippen molar-refractivity contribution in [2.75, 3.05) is 33.8 Å². The highest BCUT2D eigenvalue weighted by molar-refractivity contribution is 5.35. The van der Waals surface area contributed by atoms with Crippen LogP contribution in [0, 0.1) is 16.0 Å². The standard InChI is InChI=1S/C15H25N3O3/c1-12(2)15(11-17(3)4)16-9-10-21-14-7-5-13(6-8-14)18(19)20/h5-8,12,15-16H,9-11H2,1-4H3. The highest BCUT2D eigenvalue weighted by Crippen LogP contribution is 2.17. The molecular weight excluding hydrogens is 270 g/mol. The van der Waals surface area contributed by atoms with Crippen molar-refractivity contribution in [2.24, 2.45) is 5.92 Å². The highest BCUT2D eigenvalue weighted by atomic mass is 16.6. The van der Waals surface area contributed by atoms with Crippen LogP contribution in [0.5, 0.6) is 5.75 Å². The topological polar surface area (TPSA) is 67.6 Å². The molecule has 0 aromatic heterocycles. The molecule has 1 aromatic rings. The second kappa shape index (κ2) is 8.59. The van der Waals surface area contributed by atoms with E-state index in [-0.39, 0.29) is 5.69 Å². The van der Waals surface area contributed by atoms with E-state index in [1.807, 2.05) is 0 Å². The number of nitrogens with one attached hydrogen (secondary N) is 1. The normalized spacial score (nSPS) is 12.7. The molecule has 0 saturated carbocycles. The van der Waals surface area contributed by atoms with Crippen LogP contribution < -0.4 is 10.1 Å². The van der Waals surface area contributed by atoms with Crippen molar-refractivity contribution in [3.8, 4) is 5.75 Å². The molecule has 0 saturated heterocycles. The molecule has 6 nitrogen and oxygen atoms in total. The number of nitrogens with zero attached hydrogens (tertiary/aromatic N) is 2. The van der Waals surface area contributed by atoms with Crippen molar-refractivity contribution in [3.05, 3.63) is 34.4 Å². The predicted octanol–water partition coefficient (Wildman–Crippen LogP) is 2.15. The zero-order chi connectivity index (χ0) is 15.8.